The largest absolute Gasteiger partial charge is 0.489 e. The van der Waals surface area contributed by atoms with Crippen molar-refractivity contribution < 1.29 is 17.9 Å². The summed E-state index contributed by atoms with van der Waals surface area (Å²) in [7, 11) is -3.84. The summed E-state index contributed by atoms with van der Waals surface area (Å²) >= 11 is 0. The minimum atomic E-state index is -3.84. The minimum Gasteiger partial charge on any atom is -0.489 e. The molecular weight excluding hydrogens is 464 g/mol. The highest BCUT2D eigenvalue weighted by molar-refractivity contribution is 7.92. The van der Waals surface area contributed by atoms with E-state index in [2.05, 4.69) is 20.0 Å². The maximum Gasteiger partial charge on any atom is 0.264 e. The van der Waals surface area contributed by atoms with Crippen LogP contribution in [0.2, 0.25) is 0 Å². The lowest BCUT2D eigenvalue weighted by atomic mass is 10.2. The molecule has 3 aromatic carbocycles. The van der Waals surface area contributed by atoms with Crippen LogP contribution in [0.1, 0.15) is 11.1 Å². The number of ether oxygens (including phenoxy) is 1. The van der Waals surface area contributed by atoms with Crippen LogP contribution in [0.25, 0.3) is 6.08 Å². The van der Waals surface area contributed by atoms with Crippen molar-refractivity contribution in [3.05, 3.63) is 115 Å². The molecule has 4 aromatic rings. The van der Waals surface area contributed by atoms with Crippen LogP contribution in [0, 0.1) is 0 Å². The molecule has 0 aliphatic rings. The highest BCUT2D eigenvalue weighted by Crippen LogP contribution is 2.17. The predicted molar refractivity (Wildman–Crippen MR) is 134 cm³/mol. The normalized spacial score (nSPS) is 11.2. The molecule has 0 saturated carbocycles. The second-order valence-electron chi connectivity index (χ2n) is 7.37. The average Bonchev–Trinajstić information content (AvgIpc) is 2.88. The number of nitrogens with one attached hydrogen (secondary N) is 2. The Balaban J connectivity index is 1.29. The first-order valence-corrected chi connectivity index (χ1v) is 12.1. The molecule has 2 N–H and O–H groups in total. The quantitative estimate of drug-likeness (QED) is 0.337. The SMILES string of the molecule is O=C(/C=C/c1ccc(OCc2ccccc2)cc1)Nc1ccc(S(=O)(=O)Nc2ncccn2)cc1. The van der Waals surface area contributed by atoms with Gasteiger partial charge in [0.25, 0.3) is 10.0 Å². The number of sulfonamides is 1. The van der Waals surface area contributed by atoms with Gasteiger partial charge in [-0.05, 0) is 59.7 Å². The molecule has 0 unspecified atom stereocenters. The Kier molecular flexibility index (Phi) is 7.49. The number of hydrogen-bond donors (Lipinski definition) is 2. The maximum atomic E-state index is 12.4. The maximum absolute atomic E-state index is 12.4. The molecular formula is C26H22N4O4S. The van der Waals surface area contributed by atoms with E-state index in [0.717, 1.165) is 16.9 Å². The van der Waals surface area contributed by atoms with Crippen molar-refractivity contribution in [2.24, 2.45) is 0 Å². The Bertz CT molecular complexity index is 1390. The lowest BCUT2D eigenvalue weighted by molar-refractivity contribution is -0.111. The molecule has 0 atom stereocenters. The van der Waals surface area contributed by atoms with Gasteiger partial charge in [-0.3, -0.25) is 4.79 Å². The Morgan fingerprint density at radius 3 is 2.23 bits per heavy atom. The summed E-state index contributed by atoms with van der Waals surface area (Å²) in [4.78, 5) is 20.0. The zero-order valence-electron chi connectivity index (χ0n) is 18.5. The van der Waals surface area contributed by atoms with E-state index in [0.29, 0.717) is 12.3 Å². The summed E-state index contributed by atoms with van der Waals surface area (Å²) in [6, 6.07) is 24.6. The molecule has 0 aliphatic carbocycles. The third kappa shape index (κ3) is 6.99. The number of benzene rings is 3. The fraction of sp³-hybridized carbons (Fsp3) is 0.0385. The molecule has 0 aliphatic heterocycles. The topological polar surface area (TPSA) is 110 Å². The number of aromatic nitrogens is 2. The van der Waals surface area contributed by atoms with Crippen molar-refractivity contribution in [3.8, 4) is 5.75 Å². The van der Waals surface area contributed by atoms with E-state index < -0.39 is 10.0 Å². The molecule has 0 saturated heterocycles. The number of nitrogens with zero attached hydrogens (tertiary/aromatic N) is 2. The standard InChI is InChI=1S/C26H22N4O4S/c31-25(16-9-20-7-12-23(13-8-20)34-19-21-5-2-1-3-6-21)29-22-10-14-24(15-11-22)35(32,33)30-26-27-17-4-18-28-26/h1-18H,19H2,(H,29,31)(H,27,28,30)/b16-9+. The number of hydrogen-bond acceptors (Lipinski definition) is 6. The second-order valence-corrected chi connectivity index (χ2v) is 9.05. The van der Waals surface area contributed by atoms with Crippen LogP contribution < -0.4 is 14.8 Å². The summed E-state index contributed by atoms with van der Waals surface area (Å²) in [5, 5.41) is 2.70. The van der Waals surface area contributed by atoms with E-state index in [-0.39, 0.29) is 16.8 Å². The Morgan fingerprint density at radius 1 is 0.857 bits per heavy atom. The Hall–Kier alpha value is -4.50. The lowest BCUT2D eigenvalue weighted by Gasteiger charge is -2.07. The summed E-state index contributed by atoms with van der Waals surface area (Å²) in [6.45, 7) is 0.481. The highest BCUT2D eigenvalue weighted by atomic mass is 32.2. The van der Waals surface area contributed by atoms with Gasteiger partial charge in [0.2, 0.25) is 11.9 Å². The van der Waals surface area contributed by atoms with Crippen molar-refractivity contribution in [3.63, 3.8) is 0 Å². The van der Waals surface area contributed by atoms with Crippen molar-refractivity contribution in [2.75, 3.05) is 10.0 Å². The molecule has 35 heavy (non-hydrogen) atoms. The summed E-state index contributed by atoms with van der Waals surface area (Å²) in [6.07, 6.45) is 5.95. The second kappa shape index (κ2) is 11.1. The van der Waals surface area contributed by atoms with Crippen molar-refractivity contribution in [1.82, 2.24) is 9.97 Å². The van der Waals surface area contributed by atoms with E-state index in [1.807, 2.05) is 54.6 Å². The van der Waals surface area contributed by atoms with Crippen molar-refractivity contribution in [2.45, 2.75) is 11.5 Å². The molecule has 0 spiro atoms. The van der Waals surface area contributed by atoms with E-state index in [1.54, 1.807) is 12.1 Å². The zero-order chi connectivity index (χ0) is 24.5. The van der Waals surface area contributed by atoms with Gasteiger partial charge in [-0.1, -0.05) is 42.5 Å². The molecule has 1 heterocycles. The van der Waals surface area contributed by atoms with Gasteiger partial charge in [-0.25, -0.2) is 23.1 Å². The van der Waals surface area contributed by atoms with Crippen LogP contribution in [0.15, 0.2) is 108 Å². The zero-order valence-corrected chi connectivity index (χ0v) is 19.4. The summed E-state index contributed by atoms with van der Waals surface area (Å²) < 4.78 is 32.9. The molecule has 1 aromatic heterocycles. The highest BCUT2D eigenvalue weighted by Gasteiger charge is 2.15. The summed E-state index contributed by atoms with van der Waals surface area (Å²) in [5.41, 5.74) is 2.38. The average molecular weight is 487 g/mol. The molecule has 176 valence electrons. The molecule has 0 fully saturated rings. The monoisotopic (exact) mass is 486 g/mol. The van der Waals surface area contributed by atoms with Gasteiger partial charge in [0.1, 0.15) is 12.4 Å². The van der Waals surface area contributed by atoms with Crippen LogP contribution in [0.4, 0.5) is 11.6 Å². The van der Waals surface area contributed by atoms with E-state index in [9.17, 15) is 13.2 Å². The number of carbonyl (C=O) groups excluding carboxylic acids is 1. The molecule has 4 rings (SSSR count). The van der Waals surface area contributed by atoms with Gasteiger partial charge in [0, 0.05) is 24.2 Å². The number of anilines is 2. The predicted octanol–water partition coefficient (Wildman–Crippen LogP) is 4.51. The van der Waals surface area contributed by atoms with E-state index in [1.165, 1.54) is 42.7 Å². The Morgan fingerprint density at radius 2 is 1.54 bits per heavy atom. The first kappa shape index (κ1) is 23.7. The minimum absolute atomic E-state index is 0.0214. The molecule has 0 bridgehead atoms. The fourth-order valence-corrected chi connectivity index (χ4v) is 3.98. The number of amides is 1. The van der Waals surface area contributed by atoms with E-state index >= 15 is 0 Å². The van der Waals surface area contributed by atoms with Gasteiger partial charge in [0.15, 0.2) is 0 Å². The molecule has 0 radical (unpaired) electrons. The van der Waals surface area contributed by atoms with Crippen LogP contribution in [-0.4, -0.2) is 24.3 Å². The smallest absolute Gasteiger partial charge is 0.264 e. The number of carbonyl (C=O) groups is 1. The Labute approximate surface area is 203 Å². The number of rotatable bonds is 9. The summed E-state index contributed by atoms with van der Waals surface area (Å²) in [5.74, 6) is 0.366. The van der Waals surface area contributed by atoms with Gasteiger partial charge in [-0.2, -0.15) is 0 Å². The lowest BCUT2D eigenvalue weighted by Crippen LogP contribution is -2.15. The molecule has 8 nitrogen and oxygen atoms in total. The van der Waals surface area contributed by atoms with Gasteiger partial charge < -0.3 is 10.1 Å². The van der Waals surface area contributed by atoms with Crippen LogP contribution in [-0.2, 0) is 21.4 Å². The van der Waals surface area contributed by atoms with E-state index in [4.69, 9.17) is 4.74 Å². The molecule has 1 amide bonds. The molecule has 9 heteroatoms. The van der Waals surface area contributed by atoms with Gasteiger partial charge in [-0.15, -0.1) is 0 Å². The third-order valence-corrected chi connectivity index (χ3v) is 6.12. The fourth-order valence-electron chi connectivity index (χ4n) is 3.02. The van der Waals surface area contributed by atoms with Gasteiger partial charge in [0.05, 0.1) is 4.90 Å². The van der Waals surface area contributed by atoms with Crippen molar-refractivity contribution >= 4 is 33.6 Å². The van der Waals surface area contributed by atoms with Crippen LogP contribution in [0.5, 0.6) is 5.75 Å². The van der Waals surface area contributed by atoms with Crippen molar-refractivity contribution in [1.29, 1.82) is 0 Å². The first-order chi connectivity index (χ1) is 17.0. The first-order valence-electron chi connectivity index (χ1n) is 10.6. The third-order valence-electron chi connectivity index (χ3n) is 4.78. The van der Waals surface area contributed by atoms with Crippen LogP contribution in [0.3, 0.4) is 0 Å². The van der Waals surface area contributed by atoms with Gasteiger partial charge >= 0.3 is 0 Å². The van der Waals surface area contributed by atoms with Crippen LogP contribution >= 0.6 is 0 Å².